The second kappa shape index (κ2) is 5.76. The summed E-state index contributed by atoms with van der Waals surface area (Å²) in [5, 5.41) is 5.08. The van der Waals surface area contributed by atoms with Gasteiger partial charge in [0.2, 0.25) is 11.8 Å². The summed E-state index contributed by atoms with van der Waals surface area (Å²) >= 11 is 1.66. The molecule has 0 aliphatic carbocycles. The number of aryl methyl sites for hydroxylation is 2. The molecule has 2 aliphatic rings. The summed E-state index contributed by atoms with van der Waals surface area (Å²) in [4.78, 5) is 20.1. The lowest BCUT2D eigenvalue weighted by molar-refractivity contribution is -0.121. The van der Waals surface area contributed by atoms with Crippen LogP contribution in [0, 0.1) is 13.8 Å². The third kappa shape index (κ3) is 2.70. The van der Waals surface area contributed by atoms with Crippen molar-refractivity contribution < 1.29 is 9.21 Å². The number of amides is 1. The van der Waals surface area contributed by atoms with E-state index in [1.54, 1.807) is 11.3 Å². The first-order valence-electron chi connectivity index (χ1n) is 8.15. The van der Waals surface area contributed by atoms with Gasteiger partial charge in [0.15, 0.2) is 0 Å². The third-order valence-electron chi connectivity index (χ3n) is 5.01. The van der Waals surface area contributed by atoms with Gasteiger partial charge in [0.25, 0.3) is 0 Å². The number of nitrogens with one attached hydrogen (secondary N) is 1. The maximum atomic E-state index is 11.8. The van der Waals surface area contributed by atoms with E-state index < -0.39 is 0 Å². The average molecular weight is 331 g/mol. The Morgan fingerprint density at radius 3 is 3.00 bits per heavy atom. The first-order valence-corrected chi connectivity index (χ1v) is 9.03. The number of aromatic nitrogens is 1. The van der Waals surface area contributed by atoms with E-state index in [4.69, 9.17) is 9.40 Å². The summed E-state index contributed by atoms with van der Waals surface area (Å²) < 4.78 is 5.91. The number of hydrogen-bond acceptors (Lipinski definition) is 5. The van der Waals surface area contributed by atoms with Crippen LogP contribution in [0.4, 0.5) is 0 Å². The Hall–Kier alpha value is -1.66. The molecule has 2 fully saturated rings. The van der Waals surface area contributed by atoms with Gasteiger partial charge >= 0.3 is 0 Å². The van der Waals surface area contributed by atoms with Crippen molar-refractivity contribution >= 4 is 17.2 Å². The van der Waals surface area contributed by atoms with Crippen molar-refractivity contribution in [2.75, 3.05) is 6.54 Å². The quantitative estimate of drug-likeness (QED) is 0.939. The van der Waals surface area contributed by atoms with E-state index in [9.17, 15) is 4.79 Å². The molecule has 4 heterocycles. The monoisotopic (exact) mass is 331 g/mol. The smallest absolute Gasteiger partial charge is 0.237 e. The van der Waals surface area contributed by atoms with Crippen molar-refractivity contribution in [3.05, 3.63) is 28.5 Å². The highest BCUT2D eigenvalue weighted by atomic mass is 32.1. The van der Waals surface area contributed by atoms with Gasteiger partial charge in [0.05, 0.1) is 10.6 Å². The minimum absolute atomic E-state index is 0.175. The standard InChI is InChI=1S/C17H21N3O2S/c1-10-5-6-23-16(10)17-19-14(11(2)22-17)9-20-12-3-4-13(20)8-18-15(21)7-12/h5-6,12-13H,3-4,7-9H2,1-2H3,(H,18,21)/t12-,13+/m0/s1. The normalized spacial score (nSPS) is 24.7. The highest BCUT2D eigenvalue weighted by Gasteiger charge is 2.38. The molecule has 5 nitrogen and oxygen atoms in total. The van der Waals surface area contributed by atoms with Gasteiger partial charge in [-0.05, 0) is 43.7 Å². The lowest BCUT2D eigenvalue weighted by atomic mass is 10.1. The van der Waals surface area contributed by atoms with Gasteiger partial charge in [0, 0.05) is 31.6 Å². The molecule has 2 aliphatic heterocycles. The molecule has 0 aromatic carbocycles. The van der Waals surface area contributed by atoms with Crippen molar-refractivity contribution in [1.29, 1.82) is 0 Å². The van der Waals surface area contributed by atoms with Crippen LogP contribution >= 0.6 is 11.3 Å². The molecule has 23 heavy (non-hydrogen) atoms. The Labute approximate surface area is 139 Å². The highest BCUT2D eigenvalue weighted by Crippen LogP contribution is 2.33. The van der Waals surface area contributed by atoms with E-state index in [2.05, 4.69) is 28.6 Å². The third-order valence-corrected chi connectivity index (χ3v) is 6.01. The Kier molecular flexibility index (Phi) is 3.73. The number of carbonyl (C=O) groups excluding carboxylic acids is 1. The average Bonchev–Trinajstić information content (AvgIpc) is 3.15. The molecule has 2 aromatic heterocycles. The van der Waals surface area contributed by atoms with Crippen LogP contribution in [0.1, 0.15) is 36.3 Å². The molecule has 122 valence electrons. The number of carbonyl (C=O) groups is 1. The second-order valence-electron chi connectivity index (χ2n) is 6.52. The van der Waals surface area contributed by atoms with E-state index >= 15 is 0 Å². The number of fused-ring (bicyclic) bond motifs is 2. The minimum Gasteiger partial charge on any atom is -0.440 e. The topological polar surface area (TPSA) is 58.4 Å². The fourth-order valence-electron chi connectivity index (χ4n) is 3.67. The Balaban J connectivity index is 1.59. The summed E-state index contributed by atoms with van der Waals surface area (Å²) in [6.45, 7) is 5.59. The summed E-state index contributed by atoms with van der Waals surface area (Å²) in [5.41, 5.74) is 2.20. The van der Waals surface area contributed by atoms with Gasteiger partial charge in [-0.1, -0.05) is 0 Å². The fraction of sp³-hybridized carbons (Fsp3) is 0.529. The number of oxazole rings is 1. The summed E-state index contributed by atoms with van der Waals surface area (Å²) in [5.74, 6) is 1.78. The summed E-state index contributed by atoms with van der Waals surface area (Å²) in [7, 11) is 0. The predicted molar refractivity (Wildman–Crippen MR) is 89.3 cm³/mol. The lowest BCUT2D eigenvalue weighted by Crippen LogP contribution is -2.37. The maximum absolute atomic E-state index is 11.8. The van der Waals surface area contributed by atoms with Crippen LogP contribution in [0.5, 0.6) is 0 Å². The molecule has 2 bridgehead atoms. The number of thiophene rings is 1. The zero-order chi connectivity index (χ0) is 16.0. The van der Waals surface area contributed by atoms with Crippen molar-refractivity contribution in [1.82, 2.24) is 15.2 Å². The second-order valence-corrected chi connectivity index (χ2v) is 7.44. The predicted octanol–water partition coefficient (Wildman–Crippen LogP) is 2.87. The van der Waals surface area contributed by atoms with Crippen molar-refractivity contribution in [3.63, 3.8) is 0 Å². The first kappa shape index (κ1) is 14.9. The number of hydrogen-bond donors (Lipinski definition) is 1. The molecule has 1 N–H and O–H groups in total. The molecule has 0 unspecified atom stereocenters. The van der Waals surface area contributed by atoms with Crippen LogP contribution in [0.3, 0.4) is 0 Å². The molecule has 2 aromatic rings. The molecular formula is C17H21N3O2S. The zero-order valence-electron chi connectivity index (χ0n) is 13.5. The van der Waals surface area contributed by atoms with Gasteiger partial charge < -0.3 is 9.73 Å². The Morgan fingerprint density at radius 1 is 1.39 bits per heavy atom. The highest BCUT2D eigenvalue weighted by molar-refractivity contribution is 7.13. The minimum atomic E-state index is 0.175. The van der Waals surface area contributed by atoms with Crippen molar-refractivity contribution in [2.45, 2.75) is 51.7 Å². The maximum Gasteiger partial charge on any atom is 0.237 e. The van der Waals surface area contributed by atoms with Crippen LogP contribution in [0.15, 0.2) is 15.9 Å². The van der Waals surface area contributed by atoms with Gasteiger partial charge in [-0.3, -0.25) is 9.69 Å². The van der Waals surface area contributed by atoms with E-state index in [1.165, 1.54) is 5.56 Å². The SMILES string of the molecule is Cc1ccsc1-c1nc(CN2[C@@H]3CC[C@H]2CC(=O)NC3)c(C)o1. The number of nitrogens with zero attached hydrogens (tertiary/aromatic N) is 2. The van der Waals surface area contributed by atoms with Gasteiger partial charge in [0.1, 0.15) is 5.76 Å². The van der Waals surface area contributed by atoms with Crippen molar-refractivity contribution in [2.24, 2.45) is 0 Å². The largest absolute Gasteiger partial charge is 0.440 e. The van der Waals surface area contributed by atoms with Crippen LogP contribution in [0.2, 0.25) is 0 Å². The van der Waals surface area contributed by atoms with Crippen LogP contribution < -0.4 is 5.32 Å². The van der Waals surface area contributed by atoms with Crippen molar-refractivity contribution in [3.8, 4) is 10.8 Å². The zero-order valence-corrected chi connectivity index (χ0v) is 14.3. The molecule has 0 radical (unpaired) electrons. The summed E-state index contributed by atoms with van der Waals surface area (Å²) in [6.07, 6.45) is 2.86. The first-order chi connectivity index (χ1) is 11.1. The molecule has 2 saturated heterocycles. The lowest BCUT2D eigenvalue weighted by Gasteiger charge is -2.26. The Bertz CT molecular complexity index is 736. The van der Waals surface area contributed by atoms with E-state index in [0.717, 1.165) is 48.2 Å². The van der Waals surface area contributed by atoms with E-state index in [-0.39, 0.29) is 5.91 Å². The van der Waals surface area contributed by atoms with E-state index in [1.807, 2.05) is 6.92 Å². The molecule has 2 atom stereocenters. The van der Waals surface area contributed by atoms with Crippen LogP contribution in [0.25, 0.3) is 10.8 Å². The number of rotatable bonds is 3. The summed E-state index contributed by atoms with van der Waals surface area (Å²) in [6, 6.07) is 2.85. The van der Waals surface area contributed by atoms with Gasteiger partial charge in [-0.15, -0.1) is 11.3 Å². The van der Waals surface area contributed by atoms with Crippen LogP contribution in [-0.2, 0) is 11.3 Å². The van der Waals surface area contributed by atoms with Gasteiger partial charge in [-0.2, -0.15) is 0 Å². The molecule has 1 amide bonds. The molecular weight excluding hydrogens is 310 g/mol. The molecule has 6 heteroatoms. The molecule has 0 saturated carbocycles. The fourth-order valence-corrected chi connectivity index (χ4v) is 4.52. The molecule has 0 spiro atoms. The van der Waals surface area contributed by atoms with Crippen LogP contribution in [-0.4, -0.2) is 34.4 Å². The Morgan fingerprint density at radius 2 is 2.22 bits per heavy atom. The van der Waals surface area contributed by atoms with E-state index in [0.29, 0.717) is 18.5 Å². The molecule has 4 rings (SSSR count). The van der Waals surface area contributed by atoms with Gasteiger partial charge in [-0.25, -0.2) is 4.98 Å².